The number of hydrogen-bond donors (Lipinski definition) is 2. The van der Waals surface area contributed by atoms with Crippen molar-refractivity contribution in [3.8, 4) is 16.9 Å². The van der Waals surface area contributed by atoms with Crippen LogP contribution in [0.15, 0.2) is 84.8 Å². The fourth-order valence-electron chi connectivity index (χ4n) is 6.25. The number of ketones is 1. The summed E-state index contributed by atoms with van der Waals surface area (Å²) in [5.74, 6) is 1.22. The highest BCUT2D eigenvalue weighted by molar-refractivity contribution is 7.85. The van der Waals surface area contributed by atoms with Crippen molar-refractivity contribution in [3.63, 3.8) is 0 Å². The molecule has 1 aromatic heterocycles. The number of anilines is 2. The Morgan fingerprint density at radius 1 is 0.945 bits per heavy atom. The second-order valence-electron chi connectivity index (χ2n) is 14.2. The number of ether oxygens (including phenoxy) is 2. The maximum atomic E-state index is 13.7. The zero-order valence-corrected chi connectivity index (χ0v) is 33.6. The lowest BCUT2D eigenvalue weighted by Crippen LogP contribution is -2.30. The van der Waals surface area contributed by atoms with Crippen LogP contribution in [0, 0.1) is 5.92 Å². The summed E-state index contributed by atoms with van der Waals surface area (Å²) in [6.45, 7) is 13.3. The van der Waals surface area contributed by atoms with E-state index < -0.39 is 10.1 Å². The number of amides is 1. The zero-order valence-electron chi connectivity index (χ0n) is 32.8. The van der Waals surface area contributed by atoms with E-state index in [1.54, 1.807) is 36.8 Å². The number of nitrogens with zero attached hydrogens (tertiary/aromatic N) is 3. The van der Waals surface area contributed by atoms with Crippen molar-refractivity contribution < 1.29 is 32.0 Å². The maximum absolute atomic E-state index is 13.7. The van der Waals surface area contributed by atoms with Crippen molar-refractivity contribution in [1.82, 2.24) is 9.55 Å². The molecule has 0 radical (unpaired) electrons. The number of Topliss-reactive ketones (excluding diaryl/α,β-unsaturated/α-hetero) is 1. The van der Waals surface area contributed by atoms with E-state index >= 15 is 0 Å². The van der Waals surface area contributed by atoms with Crippen LogP contribution in [0.4, 0.5) is 11.4 Å². The predicted octanol–water partition coefficient (Wildman–Crippen LogP) is 8.36. The third kappa shape index (κ3) is 14.4. The Balaban J connectivity index is 0.00000126. The van der Waals surface area contributed by atoms with Crippen molar-refractivity contribution in [2.24, 2.45) is 5.92 Å². The van der Waals surface area contributed by atoms with Crippen LogP contribution in [0.5, 0.6) is 5.75 Å². The van der Waals surface area contributed by atoms with Crippen LogP contribution in [-0.4, -0.2) is 73.4 Å². The normalized spacial score (nSPS) is 12.9. The highest BCUT2D eigenvalue weighted by Gasteiger charge is 2.20. The average molecular weight is 773 g/mol. The second kappa shape index (κ2) is 21.3. The van der Waals surface area contributed by atoms with Crippen LogP contribution in [0.2, 0.25) is 0 Å². The van der Waals surface area contributed by atoms with Gasteiger partial charge < -0.3 is 24.3 Å². The zero-order chi connectivity index (χ0) is 39.8. The topological polar surface area (TPSA) is 140 Å². The fraction of sp³-hybridized carbons (Fsp3) is 0.419. The predicted molar refractivity (Wildman–Crippen MR) is 220 cm³/mol. The maximum Gasteiger partial charge on any atom is 0.261 e. The molecule has 0 fully saturated rings. The van der Waals surface area contributed by atoms with E-state index in [0.29, 0.717) is 49.5 Å². The largest absolute Gasteiger partial charge is 0.491 e. The lowest BCUT2D eigenvalue weighted by atomic mass is 9.96. The number of carbonyl (C=O) groups excluding carboxylic acids is 2. The SMILES string of the molecule is CCCCOCCOc1ccc(-c2ccc3c(c2)C=C(C(=O)Nc2ccc(C(=O)Cc4cncn4CCC)cc2)CCCN3CC(C)C)cc1.CS(=O)(=O)O. The molecule has 0 unspecified atom stereocenters. The summed E-state index contributed by atoms with van der Waals surface area (Å²) in [4.78, 5) is 33.4. The molecular formula is C43H56N4O7S. The van der Waals surface area contributed by atoms with Crippen molar-refractivity contribution in [3.05, 3.63) is 102 Å². The Kier molecular flexibility index (Phi) is 16.7. The number of rotatable bonds is 17. The first-order valence-corrected chi connectivity index (χ1v) is 21.0. The van der Waals surface area contributed by atoms with E-state index in [1.807, 2.05) is 22.8 Å². The lowest BCUT2D eigenvalue weighted by molar-refractivity contribution is -0.112. The fourth-order valence-corrected chi connectivity index (χ4v) is 6.25. The van der Waals surface area contributed by atoms with Gasteiger partial charge in [-0.1, -0.05) is 52.3 Å². The number of fused-ring (bicyclic) bond motifs is 1. The van der Waals surface area contributed by atoms with Crippen LogP contribution in [0.25, 0.3) is 17.2 Å². The van der Waals surface area contributed by atoms with E-state index in [9.17, 15) is 18.0 Å². The van der Waals surface area contributed by atoms with Crippen molar-refractivity contribution in [2.45, 2.75) is 72.8 Å². The Hall–Kier alpha value is -4.78. The summed E-state index contributed by atoms with van der Waals surface area (Å²) in [7, 11) is -3.67. The van der Waals surface area contributed by atoms with Gasteiger partial charge in [-0.25, -0.2) is 4.98 Å². The molecule has 0 aliphatic carbocycles. The summed E-state index contributed by atoms with van der Waals surface area (Å²) >= 11 is 0. The summed E-state index contributed by atoms with van der Waals surface area (Å²) in [5, 5.41) is 3.09. The smallest absolute Gasteiger partial charge is 0.261 e. The number of carbonyl (C=O) groups is 2. The first-order chi connectivity index (χ1) is 26.3. The van der Waals surface area contributed by atoms with Crippen LogP contribution in [0.1, 0.15) is 81.4 Å². The van der Waals surface area contributed by atoms with Gasteiger partial charge in [-0.05, 0) is 103 Å². The molecule has 0 bridgehead atoms. The molecule has 2 heterocycles. The molecule has 55 heavy (non-hydrogen) atoms. The van der Waals surface area contributed by atoms with Gasteiger partial charge in [0.2, 0.25) is 0 Å². The lowest BCUT2D eigenvalue weighted by Gasteiger charge is -2.30. The molecule has 2 N–H and O–H groups in total. The number of benzene rings is 3. The molecular weight excluding hydrogens is 717 g/mol. The number of nitrogens with one attached hydrogen (secondary N) is 1. The molecule has 1 amide bonds. The van der Waals surface area contributed by atoms with Gasteiger partial charge in [0.05, 0.1) is 25.6 Å². The van der Waals surface area contributed by atoms with E-state index in [0.717, 1.165) is 91.3 Å². The summed E-state index contributed by atoms with van der Waals surface area (Å²) in [6, 6.07) is 21.9. The van der Waals surface area contributed by atoms with Gasteiger partial charge in [0.25, 0.3) is 16.0 Å². The number of unbranched alkanes of at least 4 members (excludes halogenated alkanes) is 1. The standard InChI is InChI=1S/C42H52N4O4.CH4O3S/c1-5-7-22-49-23-24-50-39-17-12-32(13-18-39)34-14-19-40-36(25-34)26-35(9-8-21-45(40)29-31(3)4)42(48)44-37-15-10-33(11-16-37)41(47)27-38-28-43-30-46(38)20-6-2;1-5(2,3)4/h10-19,25-26,28,30-31H,5-9,20-24,27,29H2,1-4H3,(H,44,48);1H3,(H,2,3,4). The first-order valence-electron chi connectivity index (χ1n) is 19.1. The quantitative estimate of drug-likeness (QED) is 0.0616. The molecule has 296 valence electrons. The molecule has 0 saturated carbocycles. The Labute approximate surface area is 326 Å². The van der Waals surface area contributed by atoms with Gasteiger partial charge in [0, 0.05) is 60.6 Å². The minimum Gasteiger partial charge on any atom is -0.491 e. The van der Waals surface area contributed by atoms with Crippen LogP contribution in [-0.2, 0) is 32.6 Å². The highest BCUT2D eigenvalue weighted by atomic mass is 32.2. The van der Waals surface area contributed by atoms with Crippen LogP contribution >= 0.6 is 0 Å². The highest BCUT2D eigenvalue weighted by Crippen LogP contribution is 2.33. The molecule has 3 aromatic carbocycles. The van der Waals surface area contributed by atoms with Crippen LogP contribution in [0.3, 0.4) is 0 Å². The van der Waals surface area contributed by atoms with Gasteiger partial charge in [-0.15, -0.1) is 0 Å². The Morgan fingerprint density at radius 3 is 2.33 bits per heavy atom. The molecule has 0 atom stereocenters. The summed E-state index contributed by atoms with van der Waals surface area (Å²) in [5.41, 5.74) is 7.25. The summed E-state index contributed by atoms with van der Waals surface area (Å²) in [6.07, 6.45) is 11.3. The number of imidazole rings is 1. The molecule has 11 nitrogen and oxygen atoms in total. The molecule has 1 aliphatic heterocycles. The Morgan fingerprint density at radius 2 is 1.65 bits per heavy atom. The van der Waals surface area contributed by atoms with Crippen molar-refractivity contribution >= 4 is 39.3 Å². The number of hydrogen-bond acceptors (Lipinski definition) is 8. The number of aromatic nitrogens is 2. The molecule has 5 rings (SSSR count). The van der Waals surface area contributed by atoms with Gasteiger partial charge in [-0.3, -0.25) is 14.1 Å². The van der Waals surface area contributed by atoms with Gasteiger partial charge in [-0.2, -0.15) is 8.42 Å². The van der Waals surface area contributed by atoms with Crippen molar-refractivity contribution in [1.29, 1.82) is 0 Å². The van der Waals surface area contributed by atoms with Crippen molar-refractivity contribution in [2.75, 3.05) is 49.4 Å². The van der Waals surface area contributed by atoms with E-state index in [2.05, 4.69) is 73.2 Å². The minimum absolute atomic E-state index is 0.0244. The molecule has 1 aliphatic rings. The van der Waals surface area contributed by atoms with Gasteiger partial charge in [0.15, 0.2) is 5.78 Å². The van der Waals surface area contributed by atoms with Gasteiger partial charge in [0.1, 0.15) is 12.4 Å². The van der Waals surface area contributed by atoms with Gasteiger partial charge >= 0.3 is 0 Å². The summed E-state index contributed by atoms with van der Waals surface area (Å²) < 4.78 is 39.4. The first kappa shape index (κ1) is 43.0. The van der Waals surface area contributed by atoms with Crippen LogP contribution < -0.4 is 15.0 Å². The third-order valence-corrected chi connectivity index (χ3v) is 8.85. The molecule has 0 saturated heterocycles. The molecule has 4 aromatic rings. The molecule has 0 spiro atoms. The van der Waals surface area contributed by atoms with E-state index in [1.165, 1.54) is 0 Å². The monoisotopic (exact) mass is 772 g/mol. The Bertz CT molecular complexity index is 1960. The average Bonchev–Trinajstić information content (AvgIpc) is 3.57. The number of aryl methyl sites for hydroxylation is 1. The van der Waals surface area contributed by atoms with E-state index in [4.69, 9.17) is 14.0 Å². The van der Waals surface area contributed by atoms with E-state index in [-0.39, 0.29) is 11.7 Å². The second-order valence-corrected chi connectivity index (χ2v) is 15.6. The third-order valence-electron chi connectivity index (χ3n) is 8.85. The minimum atomic E-state index is -3.67. The molecule has 12 heteroatoms.